The number of carbonyl (C=O) groups is 1. The SMILES string of the molecule is CCOc1cccc(C(=O)/C=C/c2ccc(OC)c(F)c2)c1. The molecule has 2 aromatic rings. The highest BCUT2D eigenvalue weighted by Crippen LogP contribution is 2.19. The first-order chi connectivity index (χ1) is 10.6. The molecule has 3 nitrogen and oxygen atoms in total. The van der Waals surface area contributed by atoms with E-state index in [0.717, 1.165) is 0 Å². The van der Waals surface area contributed by atoms with Crippen LogP contribution in [0.5, 0.6) is 11.5 Å². The second kappa shape index (κ2) is 7.41. The molecule has 0 saturated heterocycles. The molecule has 0 aliphatic rings. The molecule has 114 valence electrons. The summed E-state index contributed by atoms with van der Waals surface area (Å²) < 4.78 is 23.8. The summed E-state index contributed by atoms with van der Waals surface area (Å²) >= 11 is 0. The molecule has 0 spiro atoms. The van der Waals surface area contributed by atoms with Gasteiger partial charge in [-0.15, -0.1) is 0 Å². The maximum absolute atomic E-state index is 13.6. The molecule has 0 heterocycles. The lowest BCUT2D eigenvalue weighted by atomic mass is 10.1. The minimum absolute atomic E-state index is 0.169. The molecule has 0 saturated carbocycles. The first-order valence-electron chi connectivity index (χ1n) is 6.93. The molecule has 0 aromatic heterocycles. The molecule has 0 bridgehead atoms. The van der Waals surface area contributed by atoms with E-state index in [0.29, 0.717) is 23.5 Å². The quantitative estimate of drug-likeness (QED) is 0.594. The zero-order valence-electron chi connectivity index (χ0n) is 12.5. The van der Waals surface area contributed by atoms with Crippen molar-refractivity contribution in [3.8, 4) is 11.5 Å². The second-order valence-corrected chi connectivity index (χ2v) is 4.55. The van der Waals surface area contributed by atoms with Gasteiger partial charge in [-0.1, -0.05) is 24.3 Å². The Kier molecular flexibility index (Phi) is 5.31. The van der Waals surface area contributed by atoms with Crippen LogP contribution in [-0.2, 0) is 0 Å². The summed E-state index contributed by atoms with van der Waals surface area (Å²) in [5, 5.41) is 0. The van der Waals surface area contributed by atoms with E-state index < -0.39 is 5.82 Å². The molecular weight excluding hydrogens is 283 g/mol. The van der Waals surface area contributed by atoms with Crippen molar-refractivity contribution in [3.63, 3.8) is 0 Å². The number of allylic oxidation sites excluding steroid dienone is 1. The number of rotatable bonds is 6. The second-order valence-electron chi connectivity index (χ2n) is 4.55. The zero-order valence-corrected chi connectivity index (χ0v) is 12.5. The molecule has 0 fully saturated rings. The third-order valence-corrected chi connectivity index (χ3v) is 3.03. The van der Waals surface area contributed by atoms with Gasteiger partial charge in [0.25, 0.3) is 0 Å². The number of benzene rings is 2. The van der Waals surface area contributed by atoms with Crippen molar-refractivity contribution in [1.29, 1.82) is 0 Å². The van der Waals surface area contributed by atoms with Crippen LogP contribution in [0.15, 0.2) is 48.5 Å². The summed E-state index contributed by atoms with van der Waals surface area (Å²) in [6.45, 7) is 2.42. The monoisotopic (exact) mass is 300 g/mol. The van der Waals surface area contributed by atoms with Gasteiger partial charge in [-0.3, -0.25) is 4.79 Å². The summed E-state index contributed by atoms with van der Waals surface area (Å²) in [5.74, 6) is 0.193. The Morgan fingerprint density at radius 1 is 1.23 bits per heavy atom. The highest BCUT2D eigenvalue weighted by molar-refractivity contribution is 6.07. The van der Waals surface area contributed by atoms with Gasteiger partial charge in [0.05, 0.1) is 13.7 Å². The Morgan fingerprint density at radius 2 is 2.05 bits per heavy atom. The van der Waals surface area contributed by atoms with Gasteiger partial charge in [0.15, 0.2) is 17.3 Å². The average Bonchev–Trinajstić information content (AvgIpc) is 2.53. The molecule has 2 rings (SSSR count). The molecular formula is C18H17FO3. The molecule has 4 heteroatoms. The molecule has 0 amide bonds. The lowest BCUT2D eigenvalue weighted by Gasteiger charge is -2.04. The van der Waals surface area contributed by atoms with Crippen molar-refractivity contribution in [3.05, 3.63) is 65.5 Å². The molecule has 0 aliphatic heterocycles. The van der Waals surface area contributed by atoms with E-state index in [4.69, 9.17) is 9.47 Å². The predicted octanol–water partition coefficient (Wildman–Crippen LogP) is 4.13. The van der Waals surface area contributed by atoms with E-state index in [1.165, 1.54) is 25.3 Å². The van der Waals surface area contributed by atoms with Crippen molar-refractivity contribution in [2.45, 2.75) is 6.92 Å². The molecule has 0 atom stereocenters. The fraction of sp³-hybridized carbons (Fsp3) is 0.167. The van der Waals surface area contributed by atoms with Crippen LogP contribution < -0.4 is 9.47 Å². The minimum Gasteiger partial charge on any atom is -0.494 e. The number of hydrogen-bond acceptors (Lipinski definition) is 3. The number of ketones is 1. The number of carbonyl (C=O) groups excluding carboxylic acids is 1. The average molecular weight is 300 g/mol. The molecule has 0 unspecified atom stereocenters. The van der Waals surface area contributed by atoms with Crippen molar-refractivity contribution in [2.24, 2.45) is 0 Å². The first-order valence-corrected chi connectivity index (χ1v) is 6.93. The topological polar surface area (TPSA) is 35.5 Å². The van der Waals surface area contributed by atoms with Crippen LogP contribution in [0.1, 0.15) is 22.8 Å². The summed E-state index contributed by atoms with van der Waals surface area (Å²) in [5.41, 5.74) is 1.11. The third-order valence-electron chi connectivity index (χ3n) is 3.03. The fourth-order valence-corrected chi connectivity index (χ4v) is 1.96. The predicted molar refractivity (Wildman–Crippen MR) is 83.9 cm³/mol. The fourth-order valence-electron chi connectivity index (χ4n) is 1.96. The molecule has 2 aromatic carbocycles. The Bertz CT molecular complexity index is 692. The highest BCUT2D eigenvalue weighted by Gasteiger charge is 2.05. The van der Waals surface area contributed by atoms with Gasteiger partial charge in [-0.2, -0.15) is 0 Å². The Labute approximate surface area is 129 Å². The van der Waals surface area contributed by atoms with Crippen molar-refractivity contribution < 1.29 is 18.7 Å². The summed E-state index contributed by atoms with van der Waals surface area (Å²) in [6.07, 6.45) is 2.98. The maximum Gasteiger partial charge on any atom is 0.185 e. The van der Waals surface area contributed by atoms with Crippen LogP contribution in [0, 0.1) is 5.82 Å². The number of hydrogen-bond donors (Lipinski definition) is 0. The van der Waals surface area contributed by atoms with Gasteiger partial charge in [-0.25, -0.2) is 4.39 Å². The number of methoxy groups -OCH3 is 1. The molecule has 22 heavy (non-hydrogen) atoms. The van der Waals surface area contributed by atoms with Crippen LogP contribution in [0.25, 0.3) is 6.08 Å². The van der Waals surface area contributed by atoms with Crippen molar-refractivity contribution in [2.75, 3.05) is 13.7 Å². The van der Waals surface area contributed by atoms with Crippen molar-refractivity contribution >= 4 is 11.9 Å². The van der Waals surface area contributed by atoms with E-state index in [1.807, 2.05) is 6.92 Å². The van der Waals surface area contributed by atoms with Crippen LogP contribution in [0.3, 0.4) is 0 Å². The first kappa shape index (κ1) is 15.8. The molecule has 0 N–H and O–H groups in total. The maximum atomic E-state index is 13.6. The van der Waals surface area contributed by atoms with E-state index in [2.05, 4.69) is 0 Å². The van der Waals surface area contributed by atoms with Gasteiger partial charge >= 0.3 is 0 Å². The highest BCUT2D eigenvalue weighted by atomic mass is 19.1. The normalized spacial score (nSPS) is 10.7. The smallest absolute Gasteiger partial charge is 0.185 e. The molecule has 0 radical (unpaired) electrons. The third kappa shape index (κ3) is 3.95. The number of halogens is 1. The Balaban J connectivity index is 2.14. The largest absolute Gasteiger partial charge is 0.494 e. The number of ether oxygens (including phenoxy) is 2. The van der Waals surface area contributed by atoms with E-state index in [1.54, 1.807) is 36.4 Å². The van der Waals surface area contributed by atoms with Gasteiger partial charge in [0.2, 0.25) is 0 Å². The van der Waals surface area contributed by atoms with Gasteiger partial charge < -0.3 is 9.47 Å². The summed E-state index contributed by atoms with van der Waals surface area (Å²) in [7, 11) is 1.41. The van der Waals surface area contributed by atoms with E-state index >= 15 is 0 Å². The van der Waals surface area contributed by atoms with Gasteiger partial charge in [-0.05, 0) is 42.8 Å². The summed E-state index contributed by atoms with van der Waals surface area (Å²) in [4.78, 5) is 12.1. The summed E-state index contributed by atoms with van der Waals surface area (Å²) in [6, 6.07) is 11.5. The zero-order chi connectivity index (χ0) is 15.9. The standard InChI is InChI=1S/C18H17FO3/c1-3-22-15-6-4-5-14(12-15)17(20)9-7-13-8-10-18(21-2)16(19)11-13/h4-12H,3H2,1-2H3/b9-7+. The van der Waals surface area contributed by atoms with E-state index in [9.17, 15) is 9.18 Å². The Morgan fingerprint density at radius 3 is 2.73 bits per heavy atom. The van der Waals surface area contributed by atoms with Crippen LogP contribution >= 0.6 is 0 Å². The Hall–Kier alpha value is -2.62. The van der Waals surface area contributed by atoms with Crippen molar-refractivity contribution in [1.82, 2.24) is 0 Å². The van der Waals surface area contributed by atoms with Crippen LogP contribution in [-0.4, -0.2) is 19.5 Å². The van der Waals surface area contributed by atoms with Gasteiger partial charge in [0, 0.05) is 5.56 Å². The lowest BCUT2D eigenvalue weighted by Crippen LogP contribution is -1.97. The lowest BCUT2D eigenvalue weighted by molar-refractivity contribution is 0.104. The van der Waals surface area contributed by atoms with Crippen LogP contribution in [0.2, 0.25) is 0 Å². The molecule has 0 aliphatic carbocycles. The van der Waals surface area contributed by atoms with E-state index in [-0.39, 0.29) is 11.5 Å². The van der Waals surface area contributed by atoms with Gasteiger partial charge in [0.1, 0.15) is 5.75 Å². The van der Waals surface area contributed by atoms with Crippen LogP contribution in [0.4, 0.5) is 4.39 Å². The minimum atomic E-state index is -0.463.